The molecule has 0 saturated carbocycles. The Kier molecular flexibility index (Phi) is 7.11. The molecule has 3 atom stereocenters. The summed E-state index contributed by atoms with van der Waals surface area (Å²) in [5.41, 5.74) is 3.15. The molecule has 0 fully saturated rings. The van der Waals surface area contributed by atoms with E-state index in [4.69, 9.17) is 0 Å². The average Bonchev–Trinajstić information content (AvgIpc) is 2.75. The summed E-state index contributed by atoms with van der Waals surface area (Å²) in [7, 11) is 0. The second-order valence-corrected chi connectivity index (χ2v) is 7.36. The Bertz CT molecular complexity index is 998. The molecule has 0 bridgehead atoms. The van der Waals surface area contributed by atoms with Crippen LogP contribution in [0.25, 0.3) is 11.1 Å². The SMILES string of the molecule is C[C@H](C[C@@H](Cc1ccc(-c2ccccc2)cc1)NC(O)c1cnc(=O)[nH]c1)C(=O)O. The lowest BCUT2D eigenvalue weighted by Gasteiger charge is -2.24. The third-order valence-corrected chi connectivity index (χ3v) is 5.01. The Labute approximate surface area is 174 Å². The predicted molar refractivity (Wildman–Crippen MR) is 114 cm³/mol. The molecule has 7 nitrogen and oxygen atoms in total. The second kappa shape index (κ2) is 9.96. The van der Waals surface area contributed by atoms with Gasteiger partial charge in [0.1, 0.15) is 6.23 Å². The number of nitrogens with zero attached hydrogens (tertiary/aromatic N) is 1. The smallest absolute Gasteiger partial charge is 0.344 e. The molecule has 0 aliphatic heterocycles. The standard InChI is InChI=1S/C23H25N3O4/c1-15(22(28)29)11-20(26-21(27)19-13-24-23(30)25-14-19)12-16-7-9-18(10-8-16)17-5-3-2-4-6-17/h2-10,13-15,20-21,26-27H,11-12H2,1H3,(H,28,29)(H,24,25,30)/t15-,20+,21?/m1/s1. The Morgan fingerprint density at radius 1 is 1.10 bits per heavy atom. The van der Waals surface area contributed by atoms with Crippen molar-refractivity contribution in [3.63, 3.8) is 0 Å². The first-order chi connectivity index (χ1) is 14.4. The number of hydrogen-bond acceptors (Lipinski definition) is 5. The molecule has 0 saturated heterocycles. The first-order valence-electron chi connectivity index (χ1n) is 9.78. The van der Waals surface area contributed by atoms with E-state index in [1.165, 1.54) is 12.4 Å². The first-order valence-corrected chi connectivity index (χ1v) is 9.78. The van der Waals surface area contributed by atoms with Gasteiger partial charge in [-0.25, -0.2) is 9.78 Å². The zero-order valence-electron chi connectivity index (χ0n) is 16.7. The van der Waals surface area contributed by atoms with Crippen molar-refractivity contribution in [2.75, 3.05) is 0 Å². The van der Waals surface area contributed by atoms with Crippen LogP contribution in [0.15, 0.2) is 71.8 Å². The molecule has 0 aliphatic rings. The van der Waals surface area contributed by atoms with Gasteiger partial charge in [-0.1, -0.05) is 61.5 Å². The van der Waals surface area contributed by atoms with Crippen LogP contribution in [0.2, 0.25) is 0 Å². The molecule has 3 aromatic rings. The zero-order chi connectivity index (χ0) is 21.5. The lowest BCUT2D eigenvalue weighted by atomic mass is 9.94. The van der Waals surface area contributed by atoms with Crippen molar-refractivity contribution in [3.05, 3.63) is 88.6 Å². The third-order valence-electron chi connectivity index (χ3n) is 5.01. The normalized spacial score (nSPS) is 14.1. The maximum Gasteiger partial charge on any atom is 0.344 e. The molecule has 1 aromatic heterocycles. The zero-order valence-corrected chi connectivity index (χ0v) is 16.7. The van der Waals surface area contributed by atoms with Gasteiger partial charge < -0.3 is 15.2 Å². The van der Waals surface area contributed by atoms with Crippen LogP contribution in [0, 0.1) is 5.92 Å². The number of aromatic amines is 1. The quantitative estimate of drug-likeness (QED) is 0.406. The predicted octanol–water partition coefficient (Wildman–Crippen LogP) is 2.74. The third kappa shape index (κ3) is 5.85. The number of H-pyrrole nitrogens is 1. The van der Waals surface area contributed by atoms with E-state index in [0.717, 1.165) is 16.7 Å². The minimum atomic E-state index is -1.08. The molecule has 1 heterocycles. The number of aliphatic hydroxyl groups is 1. The molecular weight excluding hydrogens is 382 g/mol. The van der Waals surface area contributed by atoms with E-state index in [2.05, 4.69) is 15.3 Å². The number of benzene rings is 2. The van der Waals surface area contributed by atoms with E-state index in [0.29, 0.717) is 18.4 Å². The van der Waals surface area contributed by atoms with E-state index in [1.54, 1.807) is 6.92 Å². The lowest BCUT2D eigenvalue weighted by Crippen LogP contribution is -2.37. The average molecular weight is 407 g/mol. The van der Waals surface area contributed by atoms with Crippen molar-refractivity contribution in [2.45, 2.75) is 32.0 Å². The van der Waals surface area contributed by atoms with Crippen molar-refractivity contribution in [3.8, 4) is 11.1 Å². The van der Waals surface area contributed by atoms with Gasteiger partial charge in [0.15, 0.2) is 0 Å². The van der Waals surface area contributed by atoms with Crippen molar-refractivity contribution >= 4 is 5.97 Å². The number of rotatable bonds is 9. The molecule has 4 N–H and O–H groups in total. The summed E-state index contributed by atoms with van der Waals surface area (Å²) in [6.45, 7) is 1.64. The molecule has 156 valence electrons. The fourth-order valence-corrected chi connectivity index (χ4v) is 3.31. The molecular formula is C23H25N3O4. The van der Waals surface area contributed by atoms with Crippen LogP contribution >= 0.6 is 0 Å². The summed E-state index contributed by atoms with van der Waals surface area (Å²) in [4.78, 5) is 28.5. The van der Waals surface area contributed by atoms with Crippen molar-refractivity contribution in [1.82, 2.24) is 15.3 Å². The van der Waals surface area contributed by atoms with Crippen molar-refractivity contribution < 1.29 is 15.0 Å². The fourth-order valence-electron chi connectivity index (χ4n) is 3.31. The van der Waals surface area contributed by atoms with Crippen molar-refractivity contribution in [2.24, 2.45) is 5.92 Å². The monoisotopic (exact) mass is 407 g/mol. The molecule has 0 aliphatic carbocycles. The number of carboxylic acid groups (broad SMARTS) is 1. The van der Waals surface area contributed by atoms with Crippen LogP contribution in [0.4, 0.5) is 0 Å². The fraction of sp³-hybridized carbons (Fsp3) is 0.261. The highest BCUT2D eigenvalue weighted by molar-refractivity contribution is 5.69. The number of carboxylic acids is 1. The minimum absolute atomic E-state index is 0.291. The van der Waals surface area contributed by atoms with Gasteiger partial charge >= 0.3 is 11.7 Å². The van der Waals surface area contributed by atoms with Gasteiger partial charge in [-0.05, 0) is 29.5 Å². The van der Waals surface area contributed by atoms with E-state index >= 15 is 0 Å². The summed E-state index contributed by atoms with van der Waals surface area (Å²) in [5, 5.41) is 22.8. The Morgan fingerprint density at radius 2 is 1.77 bits per heavy atom. The number of aromatic nitrogens is 2. The molecule has 0 spiro atoms. The van der Waals surface area contributed by atoms with Gasteiger partial charge in [0.05, 0.1) is 5.92 Å². The van der Waals surface area contributed by atoms with E-state index in [1.807, 2.05) is 54.6 Å². The Balaban J connectivity index is 1.74. The van der Waals surface area contributed by atoms with E-state index in [9.17, 15) is 19.8 Å². The van der Waals surface area contributed by atoms with E-state index in [-0.39, 0.29) is 6.04 Å². The maximum absolute atomic E-state index is 11.3. The largest absolute Gasteiger partial charge is 0.481 e. The number of aliphatic hydroxyl groups excluding tert-OH is 1. The Morgan fingerprint density at radius 3 is 2.37 bits per heavy atom. The summed E-state index contributed by atoms with van der Waals surface area (Å²) < 4.78 is 0. The Hall–Kier alpha value is -3.29. The highest BCUT2D eigenvalue weighted by Gasteiger charge is 2.21. The topological polar surface area (TPSA) is 115 Å². The van der Waals surface area contributed by atoms with E-state index < -0.39 is 23.8 Å². The first kappa shape index (κ1) is 21.4. The number of aliphatic carboxylic acids is 1. The van der Waals surface area contributed by atoms with Crippen LogP contribution < -0.4 is 11.0 Å². The van der Waals surface area contributed by atoms with Crippen LogP contribution in [-0.4, -0.2) is 32.2 Å². The van der Waals surface area contributed by atoms with Crippen LogP contribution in [0.3, 0.4) is 0 Å². The van der Waals surface area contributed by atoms with Gasteiger partial charge in [-0.3, -0.25) is 10.1 Å². The van der Waals surface area contributed by atoms with Crippen LogP contribution in [0.1, 0.15) is 30.7 Å². The maximum atomic E-state index is 11.3. The molecule has 7 heteroatoms. The second-order valence-electron chi connectivity index (χ2n) is 7.36. The number of nitrogens with one attached hydrogen (secondary N) is 2. The number of hydrogen-bond donors (Lipinski definition) is 4. The van der Waals surface area contributed by atoms with Gasteiger partial charge in [0, 0.05) is 24.0 Å². The molecule has 3 rings (SSSR count). The minimum Gasteiger partial charge on any atom is -0.481 e. The molecule has 30 heavy (non-hydrogen) atoms. The summed E-state index contributed by atoms with van der Waals surface area (Å²) >= 11 is 0. The molecule has 2 aromatic carbocycles. The highest BCUT2D eigenvalue weighted by Crippen LogP contribution is 2.21. The summed E-state index contributed by atoms with van der Waals surface area (Å²) in [5.74, 6) is -1.46. The summed E-state index contributed by atoms with van der Waals surface area (Å²) in [6.07, 6.45) is 2.48. The molecule has 0 radical (unpaired) electrons. The summed E-state index contributed by atoms with van der Waals surface area (Å²) in [6, 6.07) is 17.8. The van der Waals surface area contributed by atoms with Gasteiger partial charge in [0.25, 0.3) is 0 Å². The van der Waals surface area contributed by atoms with Gasteiger partial charge in [-0.15, -0.1) is 0 Å². The van der Waals surface area contributed by atoms with Crippen LogP contribution in [-0.2, 0) is 11.2 Å². The van der Waals surface area contributed by atoms with Crippen LogP contribution in [0.5, 0.6) is 0 Å². The number of carbonyl (C=O) groups is 1. The molecule has 0 amide bonds. The van der Waals surface area contributed by atoms with Crippen molar-refractivity contribution in [1.29, 1.82) is 0 Å². The van der Waals surface area contributed by atoms with Gasteiger partial charge in [-0.2, -0.15) is 0 Å². The highest BCUT2D eigenvalue weighted by atomic mass is 16.4. The molecule has 1 unspecified atom stereocenters. The van der Waals surface area contributed by atoms with Gasteiger partial charge in [0.2, 0.25) is 0 Å². The lowest BCUT2D eigenvalue weighted by molar-refractivity contribution is -0.141.